The number of nitrogens with zero attached hydrogens (tertiary/aromatic N) is 1. The molecule has 1 amide bonds. The number of likely N-dealkylation sites (tertiary alicyclic amines) is 1. The van der Waals surface area contributed by atoms with Crippen molar-refractivity contribution in [1.29, 1.82) is 0 Å². The van der Waals surface area contributed by atoms with Crippen LogP contribution in [0.5, 0.6) is 0 Å². The molecule has 0 saturated carbocycles. The molecule has 2 N–H and O–H groups in total. The third kappa shape index (κ3) is 3.47. The number of rotatable bonds is 3. The van der Waals surface area contributed by atoms with E-state index in [-0.39, 0.29) is 24.1 Å². The van der Waals surface area contributed by atoms with Crippen LogP contribution in [-0.4, -0.2) is 54.2 Å². The number of carboxylic acid groups (broad SMARTS) is 2. The minimum Gasteiger partial charge on any atom is -0.480 e. The molecule has 1 fully saturated rings. The van der Waals surface area contributed by atoms with Gasteiger partial charge in [-0.05, 0) is 18.1 Å². The molecule has 0 unspecified atom stereocenters. The largest absolute Gasteiger partial charge is 0.480 e. The summed E-state index contributed by atoms with van der Waals surface area (Å²) in [4.78, 5) is 23.1. The Morgan fingerprint density at radius 1 is 1.26 bits per heavy atom. The molecule has 6 nitrogen and oxygen atoms in total. The van der Waals surface area contributed by atoms with Crippen molar-refractivity contribution >= 4 is 20.4 Å². The molecule has 110 valence electrons. The van der Waals surface area contributed by atoms with Gasteiger partial charge >= 0.3 is 12.1 Å². The van der Waals surface area contributed by atoms with Gasteiger partial charge in [0.1, 0.15) is 6.04 Å². The minimum atomic E-state index is -2.01. The molecular weight excluding hydrogens is 266 g/mol. The predicted octanol–water partition coefficient (Wildman–Crippen LogP) is 2.21. The van der Waals surface area contributed by atoms with Crippen molar-refractivity contribution in [3.8, 4) is 0 Å². The van der Waals surface area contributed by atoms with Gasteiger partial charge in [0, 0.05) is 13.0 Å². The van der Waals surface area contributed by atoms with Crippen LogP contribution in [0.25, 0.3) is 0 Å². The summed E-state index contributed by atoms with van der Waals surface area (Å²) in [5, 5.41) is 18.1. The fourth-order valence-electron chi connectivity index (χ4n) is 1.92. The van der Waals surface area contributed by atoms with E-state index in [1.807, 2.05) is 0 Å². The normalized spacial score (nSPS) is 24.6. The van der Waals surface area contributed by atoms with Gasteiger partial charge in [-0.15, -0.1) is 0 Å². The Labute approximate surface area is 114 Å². The maximum atomic E-state index is 11.1. The zero-order valence-corrected chi connectivity index (χ0v) is 13.1. The molecule has 0 bridgehead atoms. The first kappa shape index (κ1) is 16.0. The Kier molecular flexibility index (Phi) is 4.31. The zero-order valence-electron chi connectivity index (χ0n) is 12.1. The van der Waals surface area contributed by atoms with Crippen molar-refractivity contribution in [1.82, 2.24) is 4.90 Å². The van der Waals surface area contributed by atoms with Gasteiger partial charge in [0.25, 0.3) is 0 Å². The highest BCUT2D eigenvalue weighted by Crippen LogP contribution is 2.38. The first-order chi connectivity index (χ1) is 8.45. The van der Waals surface area contributed by atoms with Crippen LogP contribution in [0.3, 0.4) is 0 Å². The van der Waals surface area contributed by atoms with Crippen LogP contribution in [0.15, 0.2) is 0 Å². The smallest absolute Gasteiger partial charge is 0.408 e. The summed E-state index contributed by atoms with van der Waals surface area (Å²) in [5.41, 5.74) is 0. The van der Waals surface area contributed by atoms with E-state index < -0.39 is 26.4 Å². The summed E-state index contributed by atoms with van der Waals surface area (Å²) in [6.45, 7) is 10.6. The van der Waals surface area contributed by atoms with Crippen LogP contribution >= 0.6 is 0 Å². The predicted molar refractivity (Wildman–Crippen MR) is 72.8 cm³/mol. The van der Waals surface area contributed by atoms with Gasteiger partial charge in [-0.2, -0.15) is 0 Å². The van der Waals surface area contributed by atoms with Gasteiger partial charge in [-0.1, -0.05) is 20.8 Å². The second-order valence-corrected chi connectivity index (χ2v) is 11.3. The summed E-state index contributed by atoms with van der Waals surface area (Å²) in [6.07, 6.45) is -1.29. The number of carbonyl (C=O) groups is 2. The van der Waals surface area contributed by atoms with Crippen molar-refractivity contribution in [2.75, 3.05) is 6.54 Å². The van der Waals surface area contributed by atoms with Gasteiger partial charge in [0.05, 0.1) is 6.10 Å². The fraction of sp³-hybridized carbons (Fsp3) is 0.833. The lowest BCUT2D eigenvalue weighted by atomic mass is 10.2. The van der Waals surface area contributed by atoms with Gasteiger partial charge in [0.2, 0.25) is 0 Å². The Morgan fingerprint density at radius 3 is 2.11 bits per heavy atom. The number of amides is 1. The van der Waals surface area contributed by atoms with Crippen molar-refractivity contribution in [2.24, 2.45) is 0 Å². The summed E-state index contributed by atoms with van der Waals surface area (Å²) < 4.78 is 6.09. The third-order valence-electron chi connectivity index (χ3n) is 4.06. The highest BCUT2D eigenvalue weighted by Gasteiger charge is 2.45. The number of aliphatic carboxylic acids is 1. The first-order valence-corrected chi connectivity index (χ1v) is 9.26. The molecule has 1 aliphatic rings. The van der Waals surface area contributed by atoms with E-state index >= 15 is 0 Å². The summed E-state index contributed by atoms with van der Waals surface area (Å²) in [5.74, 6) is -1.11. The molecule has 0 radical (unpaired) electrons. The minimum absolute atomic E-state index is 0.0162. The lowest BCUT2D eigenvalue weighted by Crippen LogP contribution is -2.44. The van der Waals surface area contributed by atoms with Crippen molar-refractivity contribution in [2.45, 2.75) is 57.5 Å². The lowest BCUT2D eigenvalue weighted by Gasteiger charge is -2.38. The Balaban J connectivity index is 2.79. The Morgan fingerprint density at radius 2 is 1.79 bits per heavy atom. The van der Waals surface area contributed by atoms with E-state index in [0.717, 1.165) is 4.90 Å². The first-order valence-electron chi connectivity index (χ1n) is 6.36. The average Bonchev–Trinajstić information content (AvgIpc) is 2.59. The van der Waals surface area contributed by atoms with Crippen LogP contribution in [0.2, 0.25) is 18.1 Å². The van der Waals surface area contributed by atoms with Crippen LogP contribution in [0.1, 0.15) is 27.2 Å². The third-order valence-corrected chi connectivity index (χ3v) is 8.60. The molecule has 0 aromatic carbocycles. The Bertz CT molecular complexity index is 355. The molecule has 0 aromatic heterocycles. The van der Waals surface area contributed by atoms with E-state index in [1.165, 1.54) is 0 Å². The van der Waals surface area contributed by atoms with Crippen LogP contribution < -0.4 is 0 Å². The SMILES string of the molecule is CC(C)(C)[Si](C)(C)O[C@H]1C[C@H](C(=O)O)N(C(=O)O)C1. The van der Waals surface area contributed by atoms with Gasteiger partial charge in [0.15, 0.2) is 8.32 Å². The maximum Gasteiger partial charge on any atom is 0.408 e. The molecule has 19 heavy (non-hydrogen) atoms. The molecule has 0 spiro atoms. The van der Waals surface area contributed by atoms with Gasteiger partial charge < -0.3 is 14.6 Å². The van der Waals surface area contributed by atoms with E-state index in [4.69, 9.17) is 14.6 Å². The molecule has 2 atom stereocenters. The maximum absolute atomic E-state index is 11.1. The molecule has 7 heteroatoms. The quantitative estimate of drug-likeness (QED) is 0.778. The summed E-state index contributed by atoms with van der Waals surface area (Å²) in [7, 11) is -2.01. The molecular formula is C12H23NO5Si. The van der Waals surface area contributed by atoms with E-state index in [0.29, 0.717) is 0 Å². The fourth-order valence-corrected chi connectivity index (χ4v) is 3.28. The Hall–Kier alpha value is -1.08. The zero-order chi connectivity index (χ0) is 15.0. The number of hydrogen-bond donors (Lipinski definition) is 2. The van der Waals surface area contributed by atoms with Gasteiger partial charge in [-0.25, -0.2) is 9.59 Å². The average molecular weight is 289 g/mol. The highest BCUT2D eigenvalue weighted by atomic mass is 28.4. The monoisotopic (exact) mass is 289 g/mol. The van der Waals surface area contributed by atoms with Crippen LogP contribution in [0.4, 0.5) is 4.79 Å². The van der Waals surface area contributed by atoms with E-state index in [9.17, 15) is 9.59 Å². The summed E-state index contributed by atoms with van der Waals surface area (Å²) in [6, 6.07) is -0.993. The highest BCUT2D eigenvalue weighted by molar-refractivity contribution is 6.74. The van der Waals surface area contributed by atoms with E-state index in [2.05, 4.69) is 33.9 Å². The topological polar surface area (TPSA) is 87.1 Å². The number of hydrogen-bond acceptors (Lipinski definition) is 3. The second kappa shape index (κ2) is 5.13. The van der Waals surface area contributed by atoms with Gasteiger partial charge in [-0.3, -0.25) is 4.90 Å². The number of carboxylic acids is 1. The molecule has 0 aliphatic carbocycles. The van der Waals surface area contributed by atoms with Crippen molar-refractivity contribution < 1.29 is 24.2 Å². The van der Waals surface area contributed by atoms with Crippen LogP contribution in [0, 0.1) is 0 Å². The van der Waals surface area contributed by atoms with Crippen molar-refractivity contribution in [3.63, 3.8) is 0 Å². The lowest BCUT2D eigenvalue weighted by molar-refractivity contribution is -0.141. The molecule has 1 saturated heterocycles. The molecule has 1 heterocycles. The standard InChI is InChI=1S/C12H23NO5Si/c1-12(2,3)19(4,5)18-8-6-9(10(14)15)13(7-8)11(16)17/h8-9H,6-7H2,1-5H3,(H,14,15)(H,16,17)/t8-,9+/m0/s1. The second-order valence-electron chi connectivity index (χ2n) is 6.52. The van der Waals surface area contributed by atoms with E-state index in [1.54, 1.807) is 0 Å². The molecule has 1 rings (SSSR count). The molecule has 0 aromatic rings. The summed E-state index contributed by atoms with van der Waals surface area (Å²) >= 11 is 0. The van der Waals surface area contributed by atoms with Crippen molar-refractivity contribution in [3.05, 3.63) is 0 Å². The molecule has 1 aliphatic heterocycles. The van der Waals surface area contributed by atoms with Crippen LogP contribution in [-0.2, 0) is 9.22 Å².